The van der Waals surface area contributed by atoms with Crippen LogP contribution < -0.4 is 5.73 Å². The van der Waals surface area contributed by atoms with Crippen molar-refractivity contribution in [3.8, 4) is 22.3 Å². The zero-order valence-corrected chi connectivity index (χ0v) is 12.5. The smallest absolute Gasteiger partial charge is 0.137 e. The first-order valence-corrected chi connectivity index (χ1v) is 7.52. The Morgan fingerprint density at radius 1 is 0.957 bits per heavy atom. The van der Waals surface area contributed by atoms with Crippen molar-refractivity contribution in [3.63, 3.8) is 0 Å². The monoisotopic (exact) mass is 300 g/mol. The van der Waals surface area contributed by atoms with Gasteiger partial charge in [-0.3, -0.25) is 4.98 Å². The van der Waals surface area contributed by atoms with Gasteiger partial charge in [0.25, 0.3) is 0 Å². The van der Waals surface area contributed by atoms with Gasteiger partial charge in [-0.15, -0.1) is 0 Å². The van der Waals surface area contributed by atoms with Crippen molar-refractivity contribution < 1.29 is 0 Å². The minimum absolute atomic E-state index is 0.538. The zero-order chi connectivity index (χ0) is 15.6. The molecule has 0 unspecified atom stereocenters. The van der Waals surface area contributed by atoms with Gasteiger partial charge in [0.15, 0.2) is 0 Å². The summed E-state index contributed by atoms with van der Waals surface area (Å²) in [5.74, 6) is 0. The third kappa shape index (κ3) is 2.49. The maximum Gasteiger partial charge on any atom is 0.137 e. The van der Waals surface area contributed by atoms with Gasteiger partial charge in [0, 0.05) is 47.8 Å². The van der Waals surface area contributed by atoms with Crippen LogP contribution in [0, 0.1) is 0 Å². The minimum atomic E-state index is 0.538. The normalized spacial score (nSPS) is 11.0. The van der Waals surface area contributed by atoms with Crippen molar-refractivity contribution in [2.45, 2.75) is 6.54 Å². The Kier molecular flexibility index (Phi) is 3.37. The molecule has 0 aliphatic carbocycles. The van der Waals surface area contributed by atoms with Crippen LogP contribution in [0.1, 0.15) is 5.56 Å². The highest BCUT2D eigenvalue weighted by molar-refractivity contribution is 5.95. The summed E-state index contributed by atoms with van der Waals surface area (Å²) in [6, 6.07) is 14.4. The first-order valence-electron chi connectivity index (χ1n) is 7.52. The summed E-state index contributed by atoms with van der Waals surface area (Å²) < 4.78 is 0. The van der Waals surface area contributed by atoms with Crippen molar-refractivity contribution in [2.75, 3.05) is 0 Å². The Balaban J connectivity index is 1.88. The number of pyridine rings is 2. The molecule has 0 atom stereocenters. The summed E-state index contributed by atoms with van der Waals surface area (Å²) in [6.45, 7) is 0.538. The summed E-state index contributed by atoms with van der Waals surface area (Å²) in [4.78, 5) is 11.9. The Morgan fingerprint density at radius 2 is 1.83 bits per heavy atom. The molecule has 4 rings (SSSR count). The highest BCUT2D eigenvalue weighted by Gasteiger charge is 2.09. The molecule has 0 fully saturated rings. The molecule has 4 aromatic rings. The molecule has 0 saturated heterocycles. The summed E-state index contributed by atoms with van der Waals surface area (Å²) in [7, 11) is 0. The number of hydrogen-bond donors (Lipinski definition) is 2. The Morgan fingerprint density at radius 3 is 2.65 bits per heavy atom. The van der Waals surface area contributed by atoms with Crippen LogP contribution in [0.25, 0.3) is 33.3 Å². The van der Waals surface area contributed by atoms with Crippen molar-refractivity contribution in [2.24, 2.45) is 5.73 Å². The van der Waals surface area contributed by atoms with Crippen molar-refractivity contribution in [1.82, 2.24) is 15.0 Å². The summed E-state index contributed by atoms with van der Waals surface area (Å²) >= 11 is 0. The van der Waals surface area contributed by atoms with Crippen LogP contribution >= 0.6 is 0 Å². The molecule has 4 nitrogen and oxygen atoms in total. The van der Waals surface area contributed by atoms with Crippen molar-refractivity contribution in [3.05, 3.63) is 72.8 Å². The van der Waals surface area contributed by atoms with Gasteiger partial charge in [0.2, 0.25) is 0 Å². The molecule has 0 aliphatic rings. The van der Waals surface area contributed by atoms with E-state index in [1.807, 2.05) is 36.7 Å². The van der Waals surface area contributed by atoms with Gasteiger partial charge < -0.3 is 10.7 Å². The predicted octanol–water partition coefficient (Wildman–Crippen LogP) is 3.75. The van der Waals surface area contributed by atoms with Crippen LogP contribution in [0.15, 0.2) is 67.3 Å². The molecule has 3 N–H and O–H groups in total. The Bertz CT molecular complexity index is 957. The van der Waals surface area contributed by atoms with E-state index < -0.39 is 0 Å². The van der Waals surface area contributed by atoms with Gasteiger partial charge in [0.05, 0.1) is 0 Å². The van der Waals surface area contributed by atoms with E-state index in [0.29, 0.717) is 6.54 Å². The van der Waals surface area contributed by atoms with E-state index in [9.17, 15) is 0 Å². The Labute approximate surface area is 134 Å². The number of benzene rings is 1. The average Bonchev–Trinajstić information content (AvgIpc) is 3.05. The molecule has 0 aliphatic heterocycles. The first-order chi connectivity index (χ1) is 11.3. The number of hydrogen-bond acceptors (Lipinski definition) is 3. The van der Waals surface area contributed by atoms with E-state index in [2.05, 4.69) is 33.2 Å². The molecule has 0 saturated carbocycles. The second kappa shape index (κ2) is 5.66. The highest BCUT2D eigenvalue weighted by atomic mass is 14.8. The molecule has 0 spiro atoms. The fraction of sp³-hybridized carbons (Fsp3) is 0.0526. The lowest BCUT2D eigenvalue weighted by Gasteiger charge is -2.04. The van der Waals surface area contributed by atoms with Gasteiger partial charge in [0.1, 0.15) is 5.65 Å². The Hall–Kier alpha value is -2.98. The number of fused-ring (bicyclic) bond motifs is 1. The molecule has 0 bridgehead atoms. The lowest BCUT2D eigenvalue weighted by Crippen LogP contribution is -1.95. The molecule has 3 heterocycles. The minimum Gasteiger partial charge on any atom is -0.346 e. The average molecular weight is 300 g/mol. The zero-order valence-electron chi connectivity index (χ0n) is 12.5. The van der Waals surface area contributed by atoms with E-state index in [4.69, 9.17) is 5.73 Å². The second-order valence-corrected chi connectivity index (χ2v) is 5.46. The predicted molar refractivity (Wildman–Crippen MR) is 92.7 cm³/mol. The van der Waals surface area contributed by atoms with Crippen molar-refractivity contribution >= 4 is 11.0 Å². The molecule has 0 amide bonds. The van der Waals surface area contributed by atoms with E-state index in [1.54, 1.807) is 12.4 Å². The number of aromatic nitrogens is 3. The number of aromatic amines is 1. The second-order valence-electron chi connectivity index (χ2n) is 5.46. The number of nitrogens with two attached hydrogens (primary N) is 1. The topological polar surface area (TPSA) is 67.6 Å². The van der Waals surface area contributed by atoms with Crippen LogP contribution in [0.5, 0.6) is 0 Å². The van der Waals surface area contributed by atoms with E-state index in [1.165, 1.54) is 0 Å². The maximum absolute atomic E-state index is 5.76. The van der Waals surface area contributed by atoms with Gasteiger partial charge in [-0.2, -0.15) is 0 Å². The van der Waals surface area contributed by atoms with E-state index in [-0.39, 0.29) is 0 Å². The lowest BCUT2D eigenvalue weighted by atomic mass is 10.0. The van der Waals surface area contributed by atoms with Gasteiger partial charge in [-0.1, -0.05) is 18.2 Å². The van der Waals surface area contributed by atoms with Crippen LogP contribution in [0.3, 0.4) is 0 Å². The van der Waals surface area contributed by atoms with Crippen LogP contribution in [-0.2, 0) is 6.54 Å². The van der Waals surface area contributed by atoms with E-state index in [0.717, 1.165) is 38.9 Å². The molecule has 23 heavy (non-hydrogen) atoms. The summed E-state index contributed by atoms with van der Waals surface area (Å²) in [5, 5.41) is 1.11. The quantitative estimate of drug-likeness (QED) is 0.605. The number of nitrogens with one attached hydrogen (secondary N) is 1. The molecule has 1 aromatic carbocycles. The van der Waals surface area contributed by atoms with Gasteiger partial charge in [-0.05, 0) is 41.0 Å². The number of rotatable bonds is 3. The number of H-pyrrole nitrogens is 1. The third-order valence-electron chi connectivity index (χ3n) is 4.02. The van der Waals surface area contributed by atoms with Gasteiger partial charge >= 0.3 is 0 Å². The molecule has 0 radical (unpaired) electrons. The molecular weight excluding hydrogens is 284 g/mol. The maximum atomic E-state index is 5.76. The molecule has 3 aromatic heterocycles. The molecule has 112 valence electrons. The van der Waals surface area contributed by atoms with Crippen molar-refractivity contribution in [1.29, 1.82) is 0 Å². The third-order valence-corrected chi connectivity index (χ3v) is 4.02. The summed E-state index contributed by atoms with van der Waals surface area (Å²) in [5.41, 5.74) is 12.2. The fourth-order valence-electron chi connectivity index (χ4n) is 2.81. The van der Waals surface area contributed by atoms with Crippen LogP contribution in [0.4, 0.5) is 0 Å². The van der Waals surface area contributed by atoms with E-state index >= 15 is 0 Å². The number of nitrogens with zero attached hydrogens (tertiary/aromatic N) is 2. The van der Waals surface area contributed by atoms with Crippen LogP contribution in [-0.4, -0.2) is 15.0 Å². The SMILES string of the molecule is NCc1cccc(-c2c[nH]c3ncc(-c4ccncc4)cc23)c1. The molecule has 4 heteroatoms. The lowest BCUT2D eigenvalue weighted by molar-refractivity contribution is 1.07. The van der Waals surface area contributed by atoms with Crippen LogP contribution in [0.2, 0.25) is 0 Å². The largest absolute Gasteiger partial charge is 0.346 e. The van der Waals surface area contributed by atoms with Gasteiger partial charge in [-0.25, -0.2) is 4.98 Å². The first kappa shape index (κ1) is 13.7. The summed E-state index contributed by atoms with van der Waals surface area (Å²) in [6.07, 6.45) is 7.47. The highest BCUT2D eigenvalue weighted by Crippen LogP contribution is 2.31. The molecular formula is C19H16N4. The standard InChI is InChI=1S/C19H16N4/c20-10-13-2-1-3-15(8-13)18-12-23-19-17(18)9-16(11-22-19)14-4-6-21-7-5-14/h1-9,11-12H,10,20H2,(H,22,23). The fourth-order valence-corrected chi connectivity index (χ4v) is 2.81.